The molecule has 94 valence electrons. The molecule has 0 bridgehead atoms. The fourth-order valence-electron chi connectivity index (χ4n) is 2.30. The van der Waals surface area contributed by atoms with E-state index in [1.165, 1.54) is 24.2 Å². The molecule has 2 aromatic heterocycles. The van der Waals surface area contributed by atoms with Gasteiger partial charge in [0.05, 0.1) is 10.2 Å². The van der Waals surface area contributed by atoms with E-state index in [0.29, 0.717) is 5.95 Å². The van der Waals surface area contributed by atoms with Gasteiger partial charge in [0.2, 0.25) is 5.95 Å². The number of nitrogens with one attached hydrogen (secondary N) is 1. The summed E-state index contributed by atoms with van der Waals surface area (Å²) in [7, 11) is 1.82. The Bertz CT molecular complexity index is 578. The van der Waals surface area contributed by atoms with Crippen LogP contribution in [0.1, 0.15) is 24.2 Å². The summed E-state index contributed by atoms with van der Waals surface area (Å²) in [6.07, 6.45) is 8.23. The van der Waals surface area contributed by atoms with Crippen LogP contribution >= 0.6 is 15.9 Å². The zero-order valence-corrected chi connectivity index (χ0v) is 11.7. The van der Waals surface area contributed by atoms with Crippen LogP contribution in [0, 0.1) is 0 Å². The number of nitrogens with zero attached hydrogens (tertiary/aromatic N) is 4. The number of aryl methyl sites for hydroxylation is 1. The molecule has 3 rings (SSSR count). The zero-order chi connectivity index (χ0) is 12.5. The fraction of sp³-hybridized carbons (Fsp3) is 0.417. The Morgan fingerprint density at radius 1 is 1.28 bits per heavy atom. The Morgan fingerprint density at radius 2 is 2.11 bits per heavy atom. The fourth-order valence-corrected chi connectivity index (χ4v) is 2.68. The van der Waals surface area contributed by atoms with Crippen molar-refractivity contribution in [1.82, 2.24) is 19.5 Å². The number of aromatic nitrogens is 4. The average Bonchev–Trinajstić information content (AvgIpc) is 2.83. The summed E-state index contributed by atoms with van der Waals surface area (Å²) in [6.45, 7) is 0. The smallest absolute Gasteiger partial charge is 0.224 e. The summed E-state index contributed by atoms with van der Waals surface area (Å²) in [5.74, 6) is 1.47. The second-order valence-corrected chi connectivity index (χ2v) is 5.18. The maximum atomic E-state index is 4.50. The molecule has 0 atom stereocenters. The number of halogens is 1. The molecule has 0 saturated carbocycles. The highest BCUT2D eigenvalue weighted by atomic mass is 79.9. The van der Waals surface area contributed by atoms with Crippen LogP contribution in [-0.4, -0.2) is 26.6 Å². The maximum Gasteiger partial charge on any atom is 0.224 e. The van der Waals surface area contributed by atoms with Crippen molar-refractivity contribution in [2.24, 2.45) is 0 Å². The van der Waals surface area contributed by atoms with Gasteiger partial charge in [-0.3, -0.25) is 4.57 Å². The first-order valence-electron chi connectivity index (χ1n) is 6.05. The van der Waals surface area contributed by atoms with E-state index in [4.69, 9.17) is 0 Å². The molecule has 1 N–H and O–H groups in total. The lowest BCUT2D eigenvalue weighted by molar-refractivity contribution is 0.653. The van der Waals surface area contributed by atoms with E-state index in [9.17, 15) is 0 Å². The molecule has 1 aliphatic rings. The van der Waals surface area contributed by atoms with Crippen LogP contribution in [0.2, 0.25) is 0 Å². The van der Waals surface area contributed by atoms with Crippen molar-refractivity contribution >= 4 is 21.9 Å². The number of imidazole rings is 1. The highest BCUT2D eigenvalue weighted by molar-refractivity contribution is 9.10. The third-order valence-corrected chi connectivity index (χ3v) is 3.77. The number of anilines is 1. The Hall–Kier alpha value is -1.43. The van der Waals surface area contributed by atoms with Crippen LogP contribution in [-0.2, 0) is 12.8 Å². The maximum absolute atomic E-state index is 4.50. The molecule has 1 aliphatic carbocycles. The minimum Gasteiger partial charge on any atom is -0.357 e. The average molecular weight is 308 g/mol. The Kier molecular flexibility index (Phi) is 3.03. The van der Waals surface area contributed by atoms with E-state index >= 15 is 0 Å². The highest BCUT2D eigenvalue weighted by Gasteiger charge is 2.18. The van der Waals surface area contributed by atoms with E-state index in [1.54, 1.807) is 6.20 Å². The molecule has 0 aliphatic heterocycles. The molecule has 0 saturated heterocycles. The van der Waals surface area contributed by atoms with Gasteiger partial charge < -0.3 is 5.32 Å². The standard InChI is InChI=1S/C12H14BrN5/c1-14-12-15-6-8(13)11(17-12)18-7-16-9-4-2-3-5-10(9)18/h6-7H,2-5H2,1H3,(H,14,15,17). The number of fused-ring (bicyclic) bond motifs is 1. The lowest BCUT2D eigenvalue weighted by atomic mass is 10.0. The number of hydrogen-bond acceptors (Lipinski definition) is 4. The van der Waals surface area contributed by atoms with Crippen molar-refractivity contribution in [3.05, 3.63) is 28.4 Å². The van der Waals surface area contributed by atoms with Gasteiger partial charge in [0, 0.05) is 18.9 Å². The molecule has 5 nitrogen and oxygen atoms in total. The summed E-state index contributed by atoms with van der Waals surface area (Å²) in [6, 6.07) is 0. The van der Waals surface area contributed by atoms with E-state index in [-0.39, 0.29) is 0 Å². The van der Waals surface area contributed by atoms with E-state index < -0.39 is 0 Å². The minimum atomic E-state index is 0.617. The summed E-state index contributed by atoms with van der Waals surface area (Å²) >= 11 is 3.51. The molecule has 0 amide bonds. The highest BCUT2D eigenvalue weighted by Crippen LogP contribution is 2.26. The predicted octanol–water partition coefficient (Wildman–Crippen LogP) is 2.35. The molecule has 0 spiro atoms. The first-order chi connectivity index (χ1) is 8.79. The normalized spacial score (nSPS) is 14.3. The summed E-state index contributed by atoms with van der Waals surface area (Å²) < 4.78 is 2.95. The lowest BCUT2D eigenvalue weighted by Crippen LogP contribution is -2.09. The van der Waals surface area contributed by atoms with Crippen molar-refractivity contribution in [2.75, 3.05) is 12.4 Å². The van der Waals surface area contributed by atoms with Crippen LogP contribution in [0.15, 0.2) is 17.0 Å². The van der Waals surface area contributed by atoms with E-state index in [2.05, 4.69) is 40.8 Å². The Balaban J connectivity index is 2.11. The molecular weight excluding hydrogens is 294 g/mol. The van der Waals surface area contributed by atoms with Gasteiger partial charge in [-0.05, 0) is 41.6 Å². The minimum absolute atomic E-state index is 0.617. The summed E-state index contributed by atoms with van der Waals surface area (Å²) in [4.78, 5) is 13.2. The van der Waals surface area contributed by atoms with Gasteiger partial charge in [-0.2, -0.15) is 4.98 Å². The van der Waals surface area contributed by atoms with Crippen molar-refractivity contribution < 1.29 is 0 Å². The monoisotopic (exact) mass is 307 g/mol. The molecule has 0 fully saturated rings. The molecule has 0 unspecified atom stereocenters. The first-order valence-corrected chi connectivity index (χ1v) is 6.84. The predicted molar refractivity (Wildman–Crippen MR) is 73.0 cm³/mol. The Morgan fingerprint density at radius 3 is 2.94 bits per heavy atom. The zero-order valence-electron chi connectivity index (χ0n) is 10.1. The van der Waals surface area contributed by atoms with Crippen molar-refractivity contribution in [1.29, 1.82) is 0 Å². The van der Waals surface area contributed by atoms with Crippen LogP contribution in [0.4, 0.5) is 5.95 Å². The Labute approximate surface area is 114 Å². The summed E-state index contributed by atoms with van der Waals surface area (Å²) in [5, 5.41) is 2.96. The van der Waals surface area contributed by atoms with Crippen molar-refractivity contribution in [3.8, 4) is 5.82 Å². The quantitative estimate of drug-likeness (QED) is 0.925. The SMILES string of the molecule is CNc1ncc(Br)c(-n2cnc3c2CCCC3)n1. The summed E-state index contributed by atoms with van der Waals surface area (Å²) in [5.41, 5.74) is 2.49. The number of rotatable bonds is 2. The van der Waals surface area contributed by atoms with Gasteiger partial charge in [0.1, 0.15) is 6.33 Å². The van der Waals surface area contributed by atoms with Crippen LogP contribution in [0.25, 0.3) is 5.82 Å². The first kappa shape index (κ1) is 11.6. The van der Waals surface area contributed by atoms with Gasteiger partial charge in [0.15, 0.2) is 5.82 Å². The van der Waals surface area contributed by atoms with Crippen LogP contribution in [0.5, 0.6) is 0 Å². The topological polar surface area (TPSA) is 55.6 Å². The van der Waals surface area contributed by atoms with Gasteiger partial charge in [-0.15, -0.1) is 0 Å². The largest absolute Gasteiger partial charge is 0.357 e. The van der Waals surface area contributed by atoms with E-state index in [0.717, 1.165) is 23.1 Å². The lowest BCUT2D eigenvalue weighted by Gasteiger charge is -2.14. The van der Waals surface area contributed by atoms with Gasteiger partial charge in [0.25, 0.3) is 0 Å². The molecule has 2 aromatic rings. The molecule has 18 heavy (non-hydrogen) atoms. The van der Waals surface area contributed by atoms with E-state index in [1.807, 2.05) is 13.4 Å². The molecule has 0 aromatic carbocycles. The number of hydrogen-bond donors (Lipinski definition) is 1. The van der Waals surface area contributed by atoms with Gasteiger partial charge in [-0.25, -0.2) is 9.97 Å². The van der Waals surface area contributed by atoms with Crippen molar-refractivity contribution in [3.63, 3.8) is 0 Å². The molecule has 0 radical (unpaired) electrons. The van der Waals surface area contributed by atoms with Crippen LogP contribution < -0.4 is 5.32 Å². The third-order valence-electron chi connectivity index (χ3n) is 3.21. The van der Waals surface area contributed by atoms with Gasteiger partial charge in [-0.1, -0.05) is 0 Å². The second-order valence-electron chi connectivity index (χ2n) is 4.33. The second kappa shape index (κ2) is 4.68. The van der Waals surface area contributed by atoms with Crippen LogP contribution in [0.3, 0.4) is 0 Å². The van der Waals surface area contributed by atoms with Crippen molar-refractivity contribution in [2.45, 2.75) is 25.7 Å². The van der Waals surface area contributed by atoms with Gasteiger partial charge >= 0.3 is 0 Å². The molecule has 2 heterocycles. The third kappa shape index (κ3) is 1.90. The molecule has 6 heteroatoms. The molecular formula is C12H14BrN5.